The Morgan fingerprint density at radius 3 is 2.55 bits per heavy atom. The molecule has 0 saturated heterocycles. The minimum atomic E-state index is -0.354. The van der Waals surface area contributed by atoms with Crippen LogP contribution in [0, 0.1) is 6.92 Å². The highest BCUT2D eigenvalue weighted by Crippen LogP contribution is 2.27. The quantitative estimate of drug-likeness (QED) is 0.547. The third-order valence-electron chi connectivity index (χ3n) is 4.69. The van der Waals surface area contributed by atoms with Gasteiger partial charge in [-0.25, -0.2) is 0 Å². The Kier molecular flexibility index (Phi) is 6.39. The summed E-state index contributed by atoms with van der Waals surface area (Å²) in [6, 6.07) is 11.1. The zero-order valence-corrected chi connectivity index (χ0v) is 16.8. The number of rotatable bonds is 8. The highest BCUT2D eigenvalue weighted by atomic mass is 16.5. The van der Waals surface area contributed by atoms with Crippen molar-refractivity contribution in [2.75, 3.05) is 27.3 Å². The number of aromatic nitrogens is 1. The first-order valence-corrected chi connectivity index (χ1v) is 9.35. The fourth-order valence-corrected chi connectivity index (χ4v) is 3.15. The first-order valence-electron chi connectivity index (χ1n) is 9.35. The number of methoxy groups -OCH3 is 2. The van der Waals surface area contributed by atoms with E-state index in [1.807, 2.05) is 6.20 Å². The average Bonchev–Trinajstić information content (AvgIpc) is 3.13. The van der Waals surface area contributed by atoms with Crippen LogP contribution in [0.1, 0.15) is 21.5 Å². The molecular weight excluding hydrogens is 370 g/mol. The normalized spacial score (nSPS) is 10.6. The predicted molar refractivity (Wildman–Crippen MR) is 112 cm³/mol. The van der Waals surface area contributed by atoms with Crippen molar-refractivity contribution < 1.29 is 19.1 Å². The van der Waals surface area contributed by atoms with Crippen LogP contribution in [0.5, 0.6) is 11.5 Å². The maximum atomic E-state index is 12.3. The van der Waals surface area contributed by atoms with Crippen molar-refractivity contribution in [3.05, 3.63) is 59.3 Å². The van der Waals surface area contributed by atoms with Crippen molar-refractivity contribution in [2.45, 2.75) is 13.3 Å². The lowest BCUT2D eigenvalue weighted by atomic mass is 10.1. The molecule has 0 atom stereocenters. The van der Waals surface area contributed by atoms with E-state index in [1.165, 1.54) is 19.8 Å². The summed E-state index contributed by atoms with van der Waals surface area (Å²) in [6.07, 6.45) is 2.67. The van der Waals surface area contributed by atoms with Crippen LogP contribution >= 0.6 is 0 Å². The highest BCUT2D eigenvalue weighted by Gasteiger charge is 2.12. The zero-order chi connectivity index (χ0) is 20.8. The van der Waals surface area contributed by atoms with E-state index in [1.54, 1.807) is 18.2 Å². The maximum absolute atomic E-state index is 12.3. The molecule has 7 heteroatoms. The van der Waals surface area contributed by atoms with Gasteiger partial charge in [-0.3, -0.25) is 9.59 Å². The van der Waals surface area contributed by atoms with Gasteiger partial charge in [0, 0.05) is 29.2 Å². The van der Waals surface area contributed by atoms with E-state index in [9.17, 15) is 9.59 Å². The number of hydrogen-bond donors (Lipinski definition) is 3. The minimum absolute atomic E-state index is 0.0970. The Balaban J connectivity index is 1.47. The standard InChI is InChI=1S/C22H25N3O4/c1-14-4-6-17-16(12-24-18(17)10-14)8-9-23-21(26)13-25-22(27)15-5-7-19(28-2)20(11-15)29-3/h4-7,10-12,24H,8-9,13H2,1-3H3,(H,23,26)(H,25,27). The number of amides is 2. The second-order valence-electron chi connectivity index (χ2n) is 6.72. The van der Waals surface area contributed by atoms with Gasteiger partial charge in [0.15, 0.2) is 11.5 Å². The van der Waals surface area contributed by atoms with E-state index in [-0.39, 0.29) is 18.4 Å². The second kappa shape index (κ2) is 9.14. The Morgan fingerprint density at radius 2 is 1.79 bits per heavy atom. The molecule has 0 bridgehead atoms. The lowest BCUT2D eigenvalue weighted by Crippen LogP contribution is -2.37. The topological polar surface area (TPSA) is 92.5 Å². The van der Waals surface area contributed by atoms with Crippen molar-refractivity contribution in [1.82, 2.24) is 15.6 Å². The van der Waals surface area contributed by atoms with E-state index in [0.29, 0.717) is 30.0 Å². The Morgan fingerprint density at radius 1 is 1.00 bits per heavy atom. The zero-order valence-electron chi connectivity index (χ0n) is 16.8. The maximum Gasteiger partial charge on any atom is 0.251 e. The van der Waals surface area contributed by atoms with Gasteiger partial charge in [-0.2, -0.15) is 0 Å². The summed E-state index contributed by atoms with van der Waals surface area (Å²) in [5.74, 6) is 0.398. The first-order chi connectivity index (χ1) is 14.0. The van der Waals surface area contributed by atoms with E-state index in [2.05, 4.69) is 40.7 Å². The molecule has 152 valence electrons. The number of benzene rings is 2. The van der Waals surface area contributed by atoms with E-state index >= 15 is 0 Å². The van der Waals surface area contributed by atoms with E-state index < -0.39 is 0 Å². The van der Waals surface area contributed by atoms with Gasteiger partial charge in [0.25, 0.3) is 5.91 Å². The summed E-state index contributed by atoms with van der Waals surface area (Å²) in [5.41, 5.74) is 3.83. The van der Waals surface area contributed by atoms with Gasteiger partial charge in [-0.15, -0.1) is 0 Å². The molecule has 3 N–H and O–H groups in total. The number of aromatic amines is 1. The molecule has 2 aromatic carbocycles. The molecule has 0 unspecified atom stereocenters. The number of carbonyl (C=O) groups is 2. The smallest absolute Gasteiger partial charge is 0.251 e. The van der Waals surface area contributed by atoms with Crippen LogP contribution in [-0.4, -0.2) is 44.1 Å². The third kappa shape index (κ3) is 4.87. The molecule has 7 nitrogen and oxygen atoms in total. The predicted octanol–water partition coefficient (Wildman–Crippen LogP) is 2.58. The number of H-pyrrole nitrogens is 1. The molecule has 1 heterocycles. The molecule has 0 aliphatic carbocycles. The molecule has 0 spiro atoms. The summed E-state index contributed by atoms with van der Waals surface area (Å²) in [6.45, 7) is 2.45. The molecule has 0 fully saturated rings. The van der Waals surface area contributed by atoms with Gasteiger partial charge in [0.1, 0.15) is 0 Å². The van der Waals surface area contributed by atoms with Crippen molar-refractivity contribution >= 4 is 22.7 Å². The Hall–Kier alpha value is -3.48. The molecule has 29 heavy (non-hydrogen) atoms. The molecular formula is C22H25N3O4. The van der Waals surface area contributed by atoms with Gasteiger partial charge < -0.3 is 25.1 Å². The van der Waals surface area contributed by atoms with E-state index in [4.69, 9.17) is 9.47 Å². The highest BCUT2D eigenvalue weighted by molar-refractivity contribution is 5.97. The fourth-order valence-electron chi connectivity index (χ4n) is 3.15. The summed E-state index contributed by atoms with van der Waals surface area (Å²) >= 11 is 0. The van der Waals surface area contributed by atoms with Gasteiger partial charge in [-0.1, -0.05) is 12.1 Å². The SMILES string of the molecule is COc1ccc(C(=O)NCC(=O)NCCc2c[nH]c3cc(C)ccc23)cc1OC. The van der Waals surface area contributed by atoms with Crippen LogP contribution < -0.4 is 20.1 Å². The van der Waals surface area contributed by atoms with E-state index in [0.717, 1.165) is 16.5 Å². The summed E-state index contributed by atoms with van der Waals surface area (Å²) in [5, 5.41) is 6.60. The monoisotopic (exact) mass is 395 g/mol. The molecule has 0 aliphatic heterocycles. The van der Waals surface area contributed by atoms with Crippen LogP contribution in [0.2, 0.25) is 0 Å². The molecule has 3 aromatic rings. The van der Waals surface area contributed by atoms with Gasteiger partial charge in [0.2, 0.25) is 5.91 Å². The number of aryl methyl sites for hydroxylation is 1. The fraction of sp³-hybridized carbons (Fsp3) is 0.273. The average molecular weight is 395 g/mol. The van der Waals surface area contributed by atoms with Gasteiger partial charge in [0.05, 0.1) is 20.8 Å². The molecule has 0 radical (unpaired) electrons. The van der Waals surface area contributed by atoms with Gasteiger partial charge >= 0.3 is 0 Å². The van der Waals surface area contributed by atoms with Crippen LogP contribution in [0.25, 0.3) is 10.9 Å². The summed E-state index contributed by atoms with van der Waals surface area (Å²) in [7, 11) is 3.03. The Bertz CT molecular complexity index is 1030. The minimum Gasteiger partial charge on any atom is -0.493 e. The van der Waals surface area contributed by atoms with Crippen molar-refractivity contribution in [3.8, 4) is 11.5 Å². The lowest BCUT2D eigenvalue weighted by Gasteiger charge is -2.10. The van der Waals surface area contributed by atoms with Crippen LogP contribution in [0.3, 0.4) is 0 Å². The van der Waals surface area contributed by atoms with Crippen LogP contribution in [-0.2, 0) is 11.2 Å². The molecule has 3 rings (SSSR count). The third-order valence-corrected chi connectivity index (χ3v) is 4.69. The summed E-state index contributed by atoms with van der Waals surface area (Å²) in [4.78, 5) is 27.6. The number of carbonyl (C=O) groups excluding carboxylic acids is 2. The van der Waals surface area contributed by atoms with Crippen molar-refractivity contribution in [3.63, 3.8) is 0 Å². The molecule has 0 aliphatic rings. The summed E-state index contributed by atoms with van der Waals surface area (Å²) < 4.78 is 10.3. The van der Waals surface area contributed by atoms with Crippen LogP contribution in [0.4, 0.5) is 0 Å². The van der Waals surface area contributed by atoms with Crippen molar-refractivity contribution in [1.29, 1.82) is 0 Å². The Labute approximate surface area is 169 Å². The molecule has 1 aromatic heterocycles. The van der Waals surface area contributed by atoms with Gasteiger partial charge in [-0.05, 0) is 48.7 Å². The number of hydrogen-bond acceptors (Lipinski definition) is 4. The second-order valence-corrected chi connectivity index (χ2v) is 6.72. The number of fused-ring (bicyclic) bond motifs is 1. The lowest BCUT2D eigenvalue weighted by molar-refractivity contribution is -0.120. The molecule has 0 saturated carbocycles. The van der Waals surface area contributed by atoms with Crippen LogP contribution in [0.15, 0.2) is 42.6 Å². The molecule has 2 amide bonds. The largest absolute Gasteiger partial charge is 0.493 e. The first kappa shape index (κ1) is 20.3. The van der Waals surface area contributed by atoms with Crippen molar-refractivity contribution in [2.24, 2.45) is 0 Å². The number of nitrogens with one attached hydrogen (secondary N) is 3. The number of ether oxygens (including phenoxy) is 2.